The first-order valence-corrected chi connectivity index (χ1v) is 13.9. The minimum Gasteiger partial charge on any atom is -0.390 e. The van der Waals surface area contributed by atoms with Crippen LogP contribution in [-0.4, -0.2) is 55.9 Å². The molecule has 6 heteroatoms. The minimum absolute atomic E-state index is 0.0316. The van der Waals surface area contributed by atoms with Gasteiger partial charge in [0.15, 0.2) is 11.6 Å². The third-order valence-corrected chi connectivity index (χ3v) is 10.9. The number of allylic oxidation sites excluding steroid dienone is 2. The van der Waals surface area contributed by atoms with Gasteiger partial charge >= 0.3 is 0 Å². The molecule has 9 atom stereocenters. The summed E-state index contributed by atoms with van der Waals surface area (Å²) in [4.78, 5) is 13.4. The van der Waals surface area contributed by atoms with Crippen molar-refractivity contribution in [2.24, 2.45) is 28.6 Å². The van der Waals surface area contributed by atoms with Gasteiger partial charge in [-0.2, -0.15) is 0 Å². The zero-order valence-electron chi connectivity index (χ0n) is 23.1. The van der Waals surface area contributed by atoms with Crippen LogP contribution in [0.4, 0.5) is 0 Å². The second-order valence-electron chi connectivity index (χ2n) is 14.2. The molecule has 4 aliphatic carbocycles. The van der Waals surface area contributed by atoms with E-state index in [1.54, 1.807) is 6.08 Å². The van der Waals surface area contributed by atoms with Crippen LogP contribution in [0.2, 0.25) is 0 Å². The van der Waals surface area contributed by atoms with Gasteiger partial charge in [0.2, 0.25) is 0 Å². The van der Waals surface area contributed by atoms with E-state index in [1.807, 2.05) is 39.8 Å². The smallest absolute Gasteiger partial charge is 0.164 e. The first-order chi connectivity index (χ1) is 16.5. The second kappa shape index (κ2) is 7.98. The van der Waals surface area contributed by atoms with Crippen molar-refractivity contribution in [3.8, 4) is 0 Å². The van der Waals surface area contributed by atoms with Crippen LogP contribution >= 0.6 is 0 Å². The first kappa shape index (κ1) is 26.6. The Hall–Kier alpha value is -1.05. The highest BCUT2D eigenvalue weighted by Gasteiger charge is 2.70. The van der Waals surface area contributed by atoms with Crippen LogP contribution in [0.5, 0.6) is 0 Å². The second-order valence-corrected chi connectivity index (χ2v) is 14.2. The van der Waals surface area contributed by atoms with Gasteiger partial charge in [0.25, 0.3) is 0 Å². The SMILES string of the molecule is CC(C)(O)CC[C@H]1OC(C)(C)O[C@]1(C)[C@H]1CC[C@@]2(O)C3=CC(=O)[C@H]4C[C@@H](O)C=C[C@]4(C)[C@H]3CC[C@]12C. The number of aliphatic hydroxyl groups excluding tert-OH is 1. The van der Waals surface area contributed by atoms with E-state index in [2.05, 4.69) is 20.8 Å². The van der Waals surface area contributed by atoms with Gasteiger partial charge < -0.3 is 24.8 Å². The zero-order chi connectivity index (χ0) is 26.5. The van der Waals surface area contributed by atoms with Crippen LogP contribution in [-0.2, 0) is 14.3 Å². The Kier molecular flexibility index (Phi) is 5.89. The van der Waals surface area contributed by atoms with Crippen LogP contribution in [0, 0.1) is 28.6 Å². The Bertz CT molecular complexity index is 992. The third kappa shape index (κ3) is 3.73. The zero-order valence-corrected chi connectivity index (χ0v) is 23.1. The van der Waals surface area contributed by atoms with Crippen molar-refractivity contribution in [2.45, 2.75) is 128 Å². The fourth-order valence-corrected chi connectivity index (χ4v) is 9.02. The van der Waals surface area contributed by atoms with E-state index in [0.717, 1.165) is 24.8 Å². The molecule has 0 amide bonds. The summed E-state index contributed by atoms with van der Waals surface area (Å²) in [6.45, 7) is 14.0. The Morgan fingerprint density at radius 2 is 1.78 bits per heavy atom. The molecule has 0 aromatic heterocycles. The highest BCUT2D eigenvalue weighted by molar-refractivity contribution is 5.95. The number of carbonyl (C=O) groups is 1. The molecule has 5 rings (SSSR count). The van der Waals surface area contributed by atoms with Crippen molar-refractivity contribution in [3.63, 3.8) is 0 Å². The summed E-state index contributed by atoms with van der Waals surface area (Å²) in [5, 5.41) is 33.2. The number of fused-ring (bicyclic) bond motifs is 5. The molecule has 5 aliphatic rings. The molecular formula is C30H46O6. The molecule has 6 nitrogen and oxygen atoms in total. The molecule has 1 heterocycles. The molecule has 0 bridgehead atoms. The lowest BCUT2D eigenvalue weighted by Gasteiger charge is -2.59. The summed E-state index contributed by atoms with van der Waals surface area (Å²) in [5.41, 5.74) is -2.48. The normalized spacial score (nSPS) is 49.9. The standard InChI is InChI=1S/C30H46O6/c1-25(2,33)12-11-24-29(7,36-26(3,4)35-24)23-10-15-30(34)20-17-22(32)21-16-18(31)8-13-27(21,5)19(20)9-14-28(23,30)6/h8,13,17-19,21,23-24,31,33-34H,9-12,14-16H2,1-7H3/t18-,19-,21+,23-,24+,27+,28+,29+,30+/m0/s1. The Labute approximate surface area is 216 Å². The van der Waals surface area contributed by atoms with Gasteiger partial charge in [-0.15, -0.1) is 0 Å². The molecule has 0 aromatic carbocycles. The summed E-state index contributed by atoms with van der Waals surface area (Å²) >= 11 is 0. The van der Waals surface area contributed by atoms with Crippen molar-refractivity contribution in [1.29, 1.82) is 0 Å². The fourth-order valence-electron chi connectivity index (χ4n) is 9.02. The van der Waals surface area contributed by atoms with Gasteiger partial charge in [0, 0.05) is 16.7 Å². The molecule has 1 aliphatic heterocycles. The average Bonchev–Trinajstić information content (AvgIpc) is 3.17. The van der Waals surface area contributed by atoms with Gasteiger partial charge in [0.1, 0.15) is 0 Å². The van der Waals surface area contributed by atoms with Gasteiger partial charge in [0.05, 0.1) is 29.0 Å². The van der Waals surface area contributed by atoms with Gasteiger partial charge in [-0.25, -0.2) is 0 Å². The van der Waals surface area contributed by atoms with E-state index in [1.165, 1.54) is 0 Å². The number of aliphatic hydroxyl groups is 3. The molecule has 202 valence electrons. The number of ether oxygens (including phenoxy) is 2. The molecule has 0 radical (unpaired) electrons. The highest BCUT2D eigenvalue weighted by Crippen LogP contribution is 2.69. The molecule has 0 spiro atoms. The molecule has 2 saturated carbocycles. The maximum absolute atomic E-state index is 13.4. The van der Waals surface area contributed by atoms with Gasteiger partial charge in [-0.05, 0) is 103 Å². The average molecular weight is 503 g/mol. The lowest BCUT2D eigenvalue weighted by Crippen LogP contribution is -2.61. The van der Waals surface area contributed by atoms with Crippen LogP contribution < -0.4 is 0 Å². The molecule has 1 saturated heterocycles. The van der Waals surface area contributed by atoms with E-state index >= 15 is 0 Å². The first-order valence-electron chi connectivity index (χ1n) is 13.9. The summed E-state index contributed by atoms with van der Waals surface area (Å²) in [6.07, 6.45) is 9.65. The van der Waals surface area contributed by atoms with Crippen LogP contribution in [0.1, 0.15) is 93.4 Å². The molecule has 36 heavy (non-hydrogen) atoms. The van der Waals surface area contributed by atoms with E-state index in [-0.39, 0.29) is 35.1 Å². The monoisotopic (exact) mass is 502 g/mol. The number of rotatable bonds is 4. The highest BCUT2D eigenvalue weighted by atomic mass is 16.8. The predicted molar refractivity (Wildman–Crippen MR) is 137 cm³/mol. The maximum Gasteiger partial charge on any atom is 0.164 e. The Balaban J connectivity index is 1.51. The number of hydrogen-bond acceptors (Lipinski definition) is 6. The molecule has 3 fully saturated rings. The maximum atomic E-state index is 13.4. The van der Waals surface area contributed by atoms with Crippen molar-refractivity contribution >= 4 is 5.78 Å². The minimum atomic E-state index is -1.09. The largest absolute Gasteiger partial charge is 0.390 e. The van der Waals surface area contributed by atoms with Gasteiger partial charge in [-0.3, -0.25) is 4.79 Å². The summed E-state index contributed by atoms with van der Waals surface area (Å²) < 4.78 is 13.1. The molecular weight excluding hydrogens is 456 g/mol. The number of hydrogen-bond donors (Lipinski definition) is 3. The topological polar surface area (TPSA) is 96.2 Å². The van der Waals surface area contributed by atoms with Crippen molar-refractivity contribution in [3.05, 3.63) is 23.8 Å². The summed E-state index contributed by atoms with van der Waals surface area (Å²) in [6, 6.07) is 0. The fraction of sp³-hybridized carbons (Fsp3) is 0.833. The van der Waals surface area contributed by atoms with Crippen LogP contribution in [0.15, 0.2) is 23.8 Å². The van der Waals surface area contributed by atoms with Crippen molar-refractivity contribution in [2.75, 3.05) is 0 Å². The quantitative estimate of drug-likeness (QED) is 0.492. The predicted octanol–water partition coefficient (Wildman–Crippen LogP) is 4.46. The number of ketones is 1. The third-order valence-electron chi connectivity index (χ3n) is 10.9. The van der Waals surface area contributed by atoms with E-state index in [0.29, 0.717) is 25.7 Å². The molecule has 0 aromatic rings. The van der Waals surface area contributed by atoms with Crippen LogP contribution in [0.25, 0.3) is 0 Å². The van der Waals surface area contributed by atoms with Crippen molar-refractivity contribution in [1.82, 2.24) is 0 Å². The van der Waals surface area contributed by atoms with Gasteiger partial charge in [-0.1, -0.05) is 26.0 Å². The summed E-state index contributed by atoms with van der Waals surface area (Å²) in [7, 11) is 0. The Morgan fingerprint density at radius 3 is 2.44 bits per heavy atom. The lowest BCUT2D eigenvalue weighted by molar-refractivity contribution is -0.189. The molecule has 3 N–H and O–H groups in total. The lowest BCUT2D eigenvalue weighted by atomic mass is 9.47. The van der Waals surface area contributed by atoms with Crippen LogP contribution in [0.3, 0.4) is 0 Å². The van der Waals surface area contributed by atoms with E-state index in [9.17, 15) is 20.1 Å². The summed E-state index contributed by atoms with van der Waals surface area (Å²) in [5.74, 6) is -0.843. The van der Waals surface area contributed by atoms with E-state index < -0.39 is 34.1 Å². The van der Waals surface area contributed by atoms with E-state index in [4.69, 9.17) is 9.47 Å². The number of carbonyl (C=O) groups excluding carboxylic acids is 1. The molecule has 0 unspecified atom stereocenters. The Morgan fingerprint density at radius 1 is 1.08 bits per heavy atom. The van der Waals surface area contributed by atoms with Crippen molar-refractivity contribution < 1.29 is 29.6 Å².